The summed E-state index contributed by atoms with van der Waals surface area (Å²) in [7, 11) is 0. The normalized spacial score (nSPS) is 11.5. The predicted molar refractivity (Wildman–Crippen MR) is 107 cm³/mol. The van der Waals surface area contributed by atoms with Crippen LogP contribution in [-0.2, 0) is 12.0 Å². The van der Waals surface area contributed by atoms with Gasteiger partial charge >= 0.3 is 0 Å². The highest BCUT2D eigenvalue weighted by molar-refractivity contribution is 5.94. The van der Waals surface area contributed by atoms with Gasteiger partial charge in [-0.05, 0) is 43.7 Å². The molecule has 0 saturated heterocycles. The molecular weight excluding hydrogens is 376 g/mol. The van der Waals surface area contributed by atoms with Crippen molar-refractivity contribution in [3.63, 3.8) is 0 Å². The maximum absolute atomic E-state index is 12.6. The lowest BCUT2D eigenvalue weighted by atomic mass is 9.99. The minimum Gasteiger partial charge on any atom is -0.366 e. The molecule has 8 heteroatoms. The quantitative estimate of drug-likeness (QED) is 0.633. The van der Waals surface area contributed by atoms with Crippen LogP contribution in [0.2, 0.25) is 0 Å². The van der Waals surface area contributed by atoms with Gasteiger partial charge in [0.15, 0.2) is 0 Å². The number of carbonyl (C=O) groups is 1. The van der Waals surface area contributed by atoms with E-state index in [2.05, 4.69) is 20.3 Å². The van der Waals surface area contributed by atoms with Gasteiger partial charge < -0.3 is 11.1 Å². The second-order valence-electron chi connectivity index (χ2n) is 7.10. The molecule has 0 saturated carbocycles. The Morgan fingerprint density at radius 3 is 2.45 bits per heavy atom. The number of nitrogens with one attached hydrogen (secondary N) is 1. The topological polar surface area (TPSA) is 93.8 Å². The van der Waals surface area contributed by atoms with Gasteiger partial charge in [0.25, 0.3) is 0 Å². The maximum Gasteiger partial charge on any atom is 0.248 e. The standard InChI is InChI=1S/C21H21F2N5O/c1-21(2,17-8-4-7-16(27-17)10-18(22)23)28-20-25-11-15(12-26-20)13-5-3-6-14(9-13)19(24)29/h3-9,11-12,18H,10H2,1-2H3,(H2,24,29)(H,25,26,28). The third-order valence-corrected chi connectivity index (χ3v) is 4.37. The van der Waals surface area contributed by atoms with Crippen LogP contribution >= 0.6 is 0 Å². The molecule has 1 amide bonds. The summed E-state index contributed by atoms with van der Waals surface area (Å²) in [6, 6.07) is 11.9. The molecule has 3 N–H and O–H groups in total. The number of alkyl halides is 2. The number of primary amides is 1. The van der Waals surface area contributed by atoms with Crippen molar-refractivity contribution in [2.24, 2.45) is 5.73 Å². The molecule has 2 aromatic heterocycles. The van der Waals surface area contributed by atoms with Gasteiger partial charge in [-0.15, -0.1) is 0 Å². The van der Waals surface area contributed by atoms with E-state index < -0.39 is 17.9 Å². The molecule has 1 aromatic carbocycles. The van der Waals surface area contributed by atoms with Gasteiger partial charge in [-0.1, -0.05) is 18.2 Å². The lowest BCUT2D eigenvalue weighted by molar-refractivity contribution is 0.1000. The highest BCUT2D eigenvalue weighted by Gasteiger charge is 2.23. The van der Waals surface area contributed by atoms with Crippen molar-refractivity contribution in [2.75, 3.05) is 5.32 Å². The average molecular weight is 397 g/mol. The molecule has 0 aliphatic carbocycles. The average Bonchev–Trinajstić information content (AvgIpc) is 2.68. The fourth-order valence-electron chi connectivity index (χ4n) is 2.84. The number of nitrogens with zero attached hydrogens (tertiary/aromatic N) is 3. The van der Waals surface area contributed by atoms with Crippen molar-refractivity contribution in [3.05, 3.63) is 71.8 Å². The number of aromatic nitrogens is 3. The Hall–Kier alpha value is -3.42. The van der Waals surface area contributed by atoms with Crippen molar-refractivity contribution in [2.45, 2.75) is 32.2 Å². The number of pyridine rings is 1. The van der Waals surface area contributed by atoms with Gasteiger partial charge in [0, 0.05) is 29.2 Å². The number of nitrogens with two attached hydrogens (primary N) is 1. The van der Waals surface area contributed by atoms with E-state index in [-0.39, 0.29) is 6.42 Å². The molecule has 0 atom stereocenters. The van der Waals surface area contributed by atoms with E-state index in [0.29, 0.717) is 22.9 Å². The summed E-state index contributed by atoms with van der Waals surface area (Å²) in [6.07, 6.45) is 0.426. The molecule has 0 aliphatic heterocycles. The molecule has 150 valence electrons. The van der Waals surface area contributed by atoms with Crippen LogP contribution in [0, 0.1) is 0 Å². The van der Waals surface area contributed by atoms with E-state index >= 15 is 0 Å². The Morgan fingerprint density at radius 1 is 1.10 bits per heavy atom. The lowest BCUT2D eigenvalue weighted by Crippen LogP contribution is -2.30. The van der Waals surface area contributed by atoms with Gasteiger partial charge in [0.05, 0.1) is 17.7 Å². The summed E-state index contributed by atoms with van der Waals surface area (Å²) in [5, 5.41) is 3.18. The molecule has 0 bridgehead atoms. The zero-order valence-electron chi connectivity index (χ0n) is 16.1. The van der Waals surface area contributed by atoms with Crippen molar-refractivity contribution < 1.29 is 13.6 Å². The SMILES string of the molecule is CC(C)(Nc1ncc(-c2cccc(C(N)=O)c2)cn1)c1cccc(CC(F)F)n1. The Balaban J connectivity index is 1.78. The van der Waals surface area contributed by atoms with Crippen LogP contribution < -0.4 is 11.1 Å². The summed E-state index contributed by atoms with van der Waals surface area (Å²) in [5.41, 5.74) is 7.49. The largest absolute Gasteiger partial charge is 0.366 e. The van der Waals surface area contributed by atoms with Gasteiger partial charge in [0.2, 0.25) is 18.3 Å². The van der Waals surface area contributed by atoms with E-state index in [1.54, 1.807) is 48.8 Å². The molecule has 3 rings (SSSR count). The van der Waals surface area contributed by atoms with E-state index in [1.165, 1.54) is 0 Å². The zero-order valence-corrected chi connectivity index (χ0v) is 16.1. The van der Waals surface area contributed by atoms with Crippen molar-refractivity contribution in [1.29, 1.82) is 0 Å². The fraction of sp³-hybridized carbons (Fsp3) is 0.238. The summed E-state index contributed by atoms with van der Waals surface area (Å²) in [6.45, 7) is 3.74. The zero-order chi connectivity index (χ0) is 21.0. The number of rotatable bonds is 7. The van der Waals surface area contributed by atoms with Crippen LogP contribution in [0.25, 0.3) is 11.1 Å². The van der Waals surface area contributed by atoms with E-state index in [0.717, 1.165) is 11.1 Å². The van der Waals surface area contributed by atoms with Crippen LogP contribution in [0.4, 0.5) is 14.7 Å². The molecular formula is C21H21F2N5O. The Labute approximate surface area is 167 Å². The Kier molecular flexibility index (Phi) is 5.81. The predicted octanol–water partition coefficient (Wildman–Crippen LogP) is 3.79. The molecule has 3 aromatic rings. The van der Waals surface area contributed by atoms with Crippen molar-refractivity contribution >= 4 is 11.9 Å². The maximum atomic E-state index is 12.6. The number of benzene rings is 1. The number of halogens is 2. The number of hydrogen-bond donors (Lipinski definition) is 2. The van der Waals surface area contributed by atoms with Gasteiger partial charge in [-0.25, -0.2) is 18.7 Å². The molecule has 0 fully saturated rings. The van der Waals surface area contributed by atoms with E-state index in [4.69, 9.17) is 5.73 Å². The molecule has 0 radical (unpaired) electrons. The smallest absolute Gasteiger partial charge is 0.248 e. The van der Waals surface area contributed by atoms with Gasteiger partial charge in [-0.2, -0.15) is 0 Å². The van der Waals surface area contributed by atoms with E-state index in [1.807, 2.05) is 19.9 Å². The number of anilines is 1. The monoisotopic (exact) mass is 397 g/mol. The van der Waals surface area contributed by atoms with Gasteiger partial charge in [-0.3, -0.25) is 9.78 Å². The number of hydrogen-bond acceptors (Lipinski definition) is 5. The van der Waals surface area contributed by atoms with Crippen LogP contribution in [0.5, 0.6) is 0 Å². The third-order valence-electron chi connectivity index (χ3n) is 4.37. The first kappa shape index (κ1) is 20.3. The van der Waals surface area contributed by atoms with Crippen molar-refractivity contribution in [1.82, 2.24) is 15.0 Å². The first-order valence-corrected chi connectivity index (χ1v) is 8.99. The summed E-state index contributed by atoms with van der Waals surface area (Å²) in [4.78, 5) is 24.3. The van der Waals surface area contributed by atoms with Crippen LogP contribution in [0.3, 0.4) is 0 Å². The molecule has 0 unspecified atom stereocenters. The highest BCUT2D eigenvalue weighted by Crippen LogP contribution is 2.24. The fourth-order valence-corrected chi connectivity index (χ4v) is 2.84. The second kappa shape index (κ2) is 8.30. The van der Waals surface area contributed by atoms with Crippen molar-refractivity contribution in [3.8, 4) is 11.1 Å². The van der Waals surface area contributed by atoms with Crippen LogP contribution in [-0.4, -0.2) is 27.3 Å². The molecule has 0 aliphatic rings. The molecule has 29 heavy (non-hydrogen) atoms. The third kappa shape index (κ3) is 5.10. The Bertz CT molecular complexity index is 1010. The minimum atomic E-state index is -2.45. The van der Waals surface area contributed by atoms with E-state index in [9.17, 15) is 13.6 Å². The minimum absolute atomic E-state index is 0.331. The molecule has 6 nitrogen and oxygen atoms in total. The number of amides is 1. The first-order chi connectivity index (χ1) is 13.7. The molecule has 2 heterocycles. The number of carbonyl (C=O) groups excluding carboxylic acids is 1. The lowest BCUT2D eigenvalue weighted by Gasteiger charge is -2.26. The second-order valence-corrected chi connectivity index (χ2v) is 7.10. The highest BCUT2D eigenvalue weighted by atomic mass is 19.3. The Morgan fingerprint density at radius 2 is 1.79 bits per heavy atom. The molecule has 0 spiro atoms. The van der Waals surface area contributed by atoms with Crippen LogP contribution in [0.1, 0.15) is 35.6 Å². The van der Waals surface area contributed by atoms with Crippen LogP contribution in [0.15, 0.2) is 54.9 Å². The summed E-state index contributed by atoms with van der Waals surface area (Å²) >= 11 is 0. The van der Waals surface area contributed by atoms with Gasteiger partial charge in [0.1, 0.15) is 0 Å². The summed E-state index contributed by atoms with van der Waals surface area (Å²) < 4.78 is 25.3. The summed E-state index contributed by atoms with van der Waals surface area (Å²) in [5.74, 6) is -0.139. The first-order valence-electron chi connectivity index (χ1n) is 8.99.